The SMILES string of the molecule is CC(C)(C)OC(=O)N1C2CCC1CC(Nc1c(C(N)=Nc3ccc(O[Si](C)(C)C(C)(C)C)cc3Cl)cnn3cc(Br)cc13)C2. The normalized spacial score (nSPS) is 21.1. The summed E-state index contributed by atoms with van der Waals surface area (Å²) >= 11 is 10.3. The zero-order chi connectivity index (χ0) is 32.2. The van der Waals surface area contributed by atoms with Gasteiger partial charge in [-0.1, -0.05) is 32.4 Å². The first-order valence-corrected chi connectivity index (χ1v) is 19.3. The number of fused-ring (bicyclic) bond motifs is 3. The largest absolute Gasteiger partial charge is 0.543 e. The van der Waals surface area contributed by atoms with Crippen LogP contribution in [-0.4, -0.2) is 58.5 Å². The van der Waals surface area contributed by atoms with E-state index in [9.17, 15) is 4.79 Å². The molecular formula is C32H44BrClN6O3Si. The second-order valence-corrected chi connectivity index (χ2v) is 20.5. The number of hydrogen-bond acceptors (Lipinski definition) is 6. The lowest BCUT2D eigenvalue weighted by Crippen LogP contribution is -2.51. The number of amides is 1. The van der Waals surface area contributed by atoms with Crippen LogP contribution in [0.1, 0.15) is 72.8 Å². The van der Waals surface area contributed by atoms with Crippen molar-refractivity contribution in [3.8, 4) is 5.75 Å². The fourth-order valence-corrected chi connectivity index (χ4v) is 7.41. The van der Waals surface area contributed by atoms with Crippen LogP contribution >= 0.6 is 27.5 Å². The molecule has 3 N–H and O–H groups in total. The maximum atomic E-state index is 13.0. The molecule has 2 bridgehead atoms. The Balaban J connectivity index is 1.41. The van der Waals surface area contributed by atoms with Crippen molar-refractivity contribution in [3.63, 3.8) is 0 Å². The molecule has 44 heavy (non-hydrogen) atoms. The molecule has 2 atom stereocenters. The number of carbonyl (C=O) groups excluding carboxylic acids is 1. The van der Waals surface area contributed by atoms with Crippen LogP contribution in [0, 0.1) is 0 Å². The van der Waals surface area contributed by atoms with E-state index in [-0.39, 0.29) is 29.3 Å². The topological polar surface area (TPSA) is 106 Å². The summed E-state index contributed by atoms with van der Waals surface area (Å²) in [7, 11) is -2.02. The van der Waals surface area contributed by atoms with Gasteiger partial charge in [-0.05, 0) is 105 Å². The number of halogens is 2. The average molecular weight is 704 g/mol. The molecule has 2 unspecified atom stereocenters. The molecule has 5 rings (SSSR count). The maximum Gasteiger partial charge on any atom is 0.410 e. The lowest BCUT2D eigenvalue weighted by Gasteiger charge is -2.40. The predicted molar refractivity (Wildman–Crippen MR) is 184 cm³/mol. The van der Waals surface area contributed by atoms with Gasteiger partial charge in [0.05, 0.1) is 33.7 Å². The smallest absolute Gasteiger partial charge is 0.410 e. The Morgan fingerprint density at radius 3 is 2.39 bits per heavy atom. The van der Waals surface area contributed by atoms with Crippen molar-refractivity contribution in [2.75, 3.05) is 5.32 Å². The standard InChI is InChI=1S/C32H44BrClN6O3Si/c1-31(2,3)42-30(41)40-21-9-10-22(40)15-20(14-21)37-28-24(17-36-39-18-19(33)13-27(28)39)29(35)38-26-12-11-23(16-25(26)34)43-44(7,8)32(4,5)6/h11-13,16-18,20-22,37H,9-10,14-15H2,1-8H3,(H2,35,38). The van der Waals surface area contributed by atoms with Crippen molar-refractivity contribution in [2.24, 2.45) is 10.7 Å². The average Bonchev–Trinajstić information content (AvgIpc) is 3.40. The summed E-state index contributed by atoms with van der Waals surface area (Å²) in [5.41, 5.74) is 9.11. The van der Waals surface area contributed by atoms with Crippen LogP contribution in [0.15, 0.2) is 46.1 Å². The first-order valence-electron chi connectivity index (χ1n) is 15.2. The summed E-state index contributed by atoms with van der Waals surface area (Å²) in [6, 6.07) is 7.94. The number of nitrogens with zero attached hydrogens (tertiary/aromatic N) is 4. The maximum absolute atomic E-state index is 13.0. The lowest BCUT2D eigenvalue weighted by atomic mass is 9.97. The van der Waals surface area contributed by atoms with E-state index in [0.29, 0.717) is 22.1 Å². The number of nitrogens with one attached hydrogen (secondary N) is 1. The first kappa shape index (κ1) is 32.6. The molecule has 4 heterocycles. The molecule has 238 valence electrons. The number of hydrogen-bond donors (Lipinski definition) is 2. The number of piperidine rings is 1. The van der Waals surface area contributed by atoms with Crippen LogP contribution in [0.25, 0.3) is 5.52 Å². The molecular weight excluding hydrogens is 660 g/mol. The van der Waals surface area contributed by atoms with Crippen molar-refractivity contribution in [3.05, 3.63) is 51.7 Å². The minimum Gasteiger partial charge on any atom is -0.543 e. The van der Waals surface area contributed by atoms with E-state index in [2.05, 4.69) is 60.2 Å². The Kier molecular flexibility index (Phi) is 8.80. The van der Waals surface area contributed by atoms with Crippen molar-refractivity contribution in [1.82, 2.24) is 14.5 Å². The highest BCUT2D eigenvalue weighted by Gasteiger charge is 2.45. The molecule has 12 heteroatoms. The molecule has 2 aliphatic rings. The molecule has 2 aliphatic heterocycles. The summed E-state index contributed by atoms with van der Waals surface area (Å²) < 4.78 is 14.9. The van der Waals surface area contributed by atoms with Crippen molar-refractivity contribution in [1.29, 1.82) is 0 Å². The second-order valence-electron chi connectivity index (χ2n) is 14.5. The molecule has 3 aromatic rings. The first-order chi connectivity index (χ1) is 20.4. The van der Waals surface area contributed by atoms with Crippen LogP contribution in [0.3, 0.4) is 0 Å². The number of anilines is 1. The van der Waals surface area contributed by atoms with Crippen LogP contribution in [0.5, 0.6) is 5.75 Å². The van der Waals surface area contributed by atoms with Gasteiger partial charge in [0, 0.05) is 28.8 Å². The zero-order valence-electron chi connectivity index (χ0n) is 26.9. The van der Waals surface area contributed by atoms with Gasteiger partial charge >= 0.3 is 6.09 Å². The second kappa shape index (κ2) is 11.9. The third-order valence-electron chi connectivity index (χ3n) is 8.90. The quantitative estimate of drug-likeness (QED) is 0.152. The van der Waals surface area contributed by atoms with Crippen LogP contribution in [0.2, 0.25) is 23.2 Å². The van der Waals surface area contributed by atoms with Gasteiger partial charge in [0.25, 0.3) is 0 Å². The number of amidine groups is 1. The zero-order valence-corrected chi connectivity index (χ0v) is 30.2. The Labute approximate surface area is 274 Å². The van der Waals surface area contributed by atoms with Crippen molar-refractivity contribution in [2.45, 2.75) is 109 Å². The molecule has 1 amide bonds. The van der Waals surface area contributed by atoms with Gasteiger partial charge in [-0.2, -0.15) is 5.10 Å². The highest BCUT2D eigenvalue weighted by molar-refractivity contribution is 9.10. The van der Waals surface area contributed by atoms with E-state index >= 15 is 0 Å². The number of ether oxygens (including phenoxy) is 1. The van der Waals surface area contributed by atoms with Crippen LogP contribution in [0.4, 0.5) is 16.2 Å². The molecule has 2 saturated heterocycles. The highest BCUT2D eigenvalue weighted by atomic mass is 79.9. The van der Waals surface area contributed by atoms with Gasteiger partial charge in [-0.15, -0.1) is 0 Å². The Morgan fingerprint density at radius 2 is 1.80 bits per heavy atom. The van der Waals surface area contributed by atoms with Crippen LogP contribution < -0.4 is 15.5 Å². The fraction of sp³-hybridized carbons (Fsp3) is 0.531. The lowest BCUT2D eigenvalue weighted by molar-refractivity contribution is 0.00683. The number of aliphatic imine (C=N–C) groups is 1. The van der Waals surface area contributed by atoms with E-state index < -0.39 is 13.9 Å². The van der Waals surface area contributed by atoms with E-state index in [0.717, 1.165) is 47.1 Å². The Morgan fingerprint density at radius 1 is 1.14 bits per heavy atom. The minimum atomic E-state index is -2.02. The third kappa shape index (κ3) is 6.89. The van der Waals surface area contributed by atoms with Gasteiger partial charge in [-0.25, -0.2) is 14.3 Å². The van der Waals surface area contributed by atoms with Gasteiger partial charge in [-0.3, -0.25) is 0 Å². The third-order valence-corrected chi connectivity index (χ3v) is 14.0. The molecule has 2 aromatic heterocycles. The number of benzene rings is 1. The number of nitrogens with two attached hydrogens (primary N) is 1. The van der Waals surface area contributed by atoms with Gasteiger partial charge < -0.3 is 25.1 Å². The monoisotopic (exact) mass is 702 g/mol. The number of rotatable bonds is 6. The Bertz CT molecular complexity index is 1580. The number of aromatic nitrogens is 2. The summed E-state index contributed by atoms with van der Waals surface area (Å²) in [6.07, 6.45) is 6.97. The van der Waals surface area contributed by atoms with E-state index in [1.54, 1.807) is 6.20 Å². The molecule has 0 spiro atoms. The van der Waals surface area contributed by atoms with Gasteiger partial charge in [0.15, 0.2) is 0 Å². The molecule has 0 radical (unpaired) electrons. The molecule has 9 nitrogen and oxygen atoms in total. The summed E-state index contributed by atoms with van der Waals surface area (Å²) in [5, 5.41) is 8.90. The fourth-order valence-electron chi connectivity index (χ4n) is 5.76. The number of carbonyl (C=O) groups is 1. The van der Waals surface area contributed by atoms with Crippen LogP contribution in [-0.2, 0) is 4.74 Å². The minimum absolute atomic E-state index is 0.0649. The van der Waals surface area contributed by atoms with Gasteiger partial charge in [0.1, 0.15) is 17.2 Å². The summed E-state index contributed by atoms with van der Waals surface area (Å²) in [5.74, 6) is 1.03. The van der Waals surface area contributed by atoms with Gasteiger partial charge in [0.2, 0.25) is 8.32 Å². The van der Waals surface area contributed by atoms with Crippen molar-refractivity contribution < 1.29 is 14.0 Å². The molecule has 2 fully saturated rings. The van der Waals surface area contributed by atoms with E-state index in [1.807, 2.05) is 60.6 Å². The highest BCUT2D eigenvalue weighted by Crippen LogP contribution is 2.41. The van der Waals surface area contributed by atoms with E-state index in [1.165, 1.54) is 0 Å². The molecule has 0 saturated carbocycles. The summed E-state index contributed by atoms with van der Waals surface area (Å²) in [4.78, 5) is 19.7. The Hall–Kier alpha value is -2.76. The predicted octanol–water partition coefficient (Wildman–Crippen LogP) is 8.51. The van der Waals surface area contributed by atoms with Crippen molar-refractivity contribution >= 4 is 64.7 Å². The molecule has 0 aliphatic carbocycles. The molecule has 1 aromatic carbocycles. The van der Waals surface area contributed by atoms with E-state index in [4.69, 9.17) is 31.5 Å². The summed E-state index contributed by atoms with van der Waals surface area (Å²) in [6.45, 7) is 16.7.